The Morgan fingerprint density at radius 3 is 2.33 bits per heavy atom. The van der Waals surface area contributed by atoms with Gasteiger partial charge in [-0.3, -0.25) is 0 Å². The molecule has 1 rings (SSSR count). The monoisotopic (exact) mass is 205 g/mol. The molecule has 0 aliphatic carbocycles. The number of hydrogen-bond donors (Lipinski definition) is 1. The summed E-state index contributed by atoms with van der Waals surface area (Å²) in [6.07, 6.45) is 0. The fraction of sp³-hybridized carbons (Fsp3) is 0.333. The number of nitrogens with two attached hydrogens (primary N) is 1. The van der Waals surface area contributed by atoms with Crippen molar-refractivity contribution in [1.82, 2.24) is 0 Å². The van der Waals surface area contributed by atoms with E-state index in [9.17, 15) is 0 Å². The Morgan fingerprint density at radius 1 is 1.33 bits per heavy atom. The molecule has 1 aromatic carbocycles. The zero-order valence-corrected chi connectivity index (χ0v) is 11.7. The SMILES string of the molecule is C[P-]C(CN)c1ccccc1.[K+]. The Labute approximate surface area is 119 Å². The van der Waals surface area contributed by atoms with Gasteiger partial charge < -0.3 is 14.3 Å². The second-order valence-electron chi connectivity index (χ2n) is 2.42. The van der Waals surface area contributed by atoms with Gasteiger partial charge in [0.2, 0.25) is 0 Å². The van der Waals surface area contributed by atoms with Gasteiger partial charge >= 0.3 is 51.4 Å². The van der Waals surface area contributed by atoms with Gasteiger partial charge in [-0.2, -0.15) is 6.66 Å². The summed E-state index contributed by atoms with van der Waals surface area (Å²) in [5, 5.41) is 0. The first-order chi connectivity index (χ1) is 5.38. The molecule has 0 bridgehead atoms. The summed E-state index contributed by atoms with van der Waals surface area (Å²) in [7, 11) is 1.35. The van der Waals surface area contributed by atoms with Crippen molar-refractivity contribution in [1.29, 1.82) is 0 Å². The van der Waals surface area contributed by atoms with Gasteiger partial charge in [0, 0.05) is 0 Å². The van der Waals surface area contributed by atoms with Crippen molar-refractivity contribution in [2.24, 2.45) is 5.73 Å². The smallest absolute Gasteiger partial charge is 0.534 e. The largest absolute Gasteiger partial charge is 1.00 e. The van der Waals surface area contributed by atoms with E-state index in [1.807, 2.05) is 6.07 Å². The average Bonchev–Trinajstić information content (AvgIpc) is 2.09. The molecule has 0 saturated heterocycles. The van der Waals surface area contributed by atoms with Crippen LogP contribution >= 0.6 is 8.58 Å². The molecule has 0 aromatic heterocycles. The van der Waals surface area contributed by atoms with E-state index >= 15 is 0 Å². The van der Waals surface area contributed by atoms with E-state index in [1.165, 1.54) is 14.1 Å². The van der Waals surface area contributed by atoms with E-state index in [2.05, 4.69) is 30.9 Å². The van der Waals surface area contributed by atoms with Gasteiger partial charge in [-0.15, -0.1) is 5.66 Å². The molecule has 1 unspecified atom stereocenters. The molecule has 0 fully saturated rings. The molecule has 0 spiro atoms. The van der Waals surface area contributed by atoms with Crippen molar-refractivity contribution < 1.29 is 51.4 Å². The van der Waals surface area contributed by atoms with E-state index in [-0.39, 0.29) is 51.4 Å². The molecule has 0 saturated carbocycles. The standard InChI is InChI=1S/C9H13NP.K/c1-11-9(7-10)8-5-3-2-4-6-8;/h2-6,9H,7,10H2,1H3;/q-1;+1. The van der Waals surface area contributed by atoms with Crippen LogP contribution in [-0.4, -0.2) is 13.2 Å². The first kappa shape index (κ1) is 13.2. The first-order valence-electron chi connectivity index (χ1n) is 3.72. The van der Waals surface area contributed by atoms with Crippen LogP contribution in [0.3, 0.4) is 0 Å². The molecule has 0 amide bonds. The van der Waals surface area contributed by atoms with Gasteiger partial charge in [0.15, 0.2) is 0 Å². The normalized spacial score (nSPS) is 12.8. The maximum atomic E-state index is 5.61. The third kappa shape index (κ3) is 3.97. The van der Waals surface area contributed by atoms with Crippen LogP contribution in [0.25, 0.3) is 0 Å². The summed E-state index contributed by atoms with van der Waals surface area (Å²) >= 11 is 0. The van der Waals surface area contributed by atoms with Gasteiger partial charge in [0.25, 0.3) is 0 Å². The van der Waals surface area contributed by atoms with Crippen LogP contribution in [0.5, 0.6) is 0 Å². The third-order valence-electron chi connectivity index (χ3n) is 1.72. The molecule has 0 radical (unpaired) electrons. The topological polar surface area (TPSA) is 26.0 Å². The number of benzene rings is 1. The fourth-order valence-corrected chi connectivity index (χ4v) is 1.75. The van der Waals surface area contributed by atoms with E-state index in [4.69, 9.17) is 5.73 Å². The Kier molecular flexibility index (Phi) is 8.42. The molecule has 0 heterocycles. The fourth-order valence-electron chi connectivity index (χ4n) is 1.07. The zero-order chi connectivity index (χ0) is 8.10. The van der Waals surface area contributed by atoms with Crippen LogP contribution in [0.2, 0.25) is 0 Å². The van der Waals surface area contributed by atoms with Gasteiger partial charge in [0.05, 0.1) is 0 Å². The Hall–Kier alpha value is 1.25. The minimum atomic E-state index is 0. The van der Waals surface area contributed by atoms with Crippen molar-refractivity contribution in [3.05, 3.63) is 35.9 Å². The maximum Gasteiger partial charge on any atom is 1.00 e. The van der Waals surface area contributed by atoms with Crippen LogP contribution in [0.4, 0.5) is 0 Å². The van der Waals surface area contributed by atoms with E-state index < -0.39 is 0 Å². The minimum absolute atomic E-state index is 0. The molecule has 1 aromatic rings. The molecular formula is C9H13KNP. The Morgan fingerprint density at radius 2 is 1.92 bits per heavy atom. The number of hydrogen-bond acceptors (Lipinski definition) is 1. The third-order valence-corrected chi connectivity index (χ3v) is 2.85. The molecular weight excluding hydrogens is 192 g/mol. The van der Waals surface area contributed by atoms with Crippen molar-refractivity contribution in [2.75, 3.05) is 13.2 Å². The maximum absolute atomic E-state index is 5.61. The van der Waals surface area contributed by atoms with Crippen molar-refractivity contribution in [3.8, 4) is 0 Å². The number of rotatable bonds is 3. The van der Waals surface area contributed by atoms with Gasteiger partial charge in [-0.1, -0.05) is 35.9 Å². The second-order valence-corrected chi connectivity index (χ2v) is 3.56. The van der Waals surface area contributed by atoms with Crippen molar-refractivity contribution >= 4 is 8.58 Å². The van der Waals surface area contributed by atoms with Crippen LogP contribution in [0, 0.1) is 0 Å². The summed E-state index contributed by atoms with van der Waals surface area (Å²) in [5.74, 6) is 0. The van der Waals surface area contributed by atoms with Crippen LogP contribution in [-0.2, 0) is 0 Å². The van der Waals surface area contributed by atoms with E-state index in [0.717, 1.165) is 6.54 Å². The van der Waals surface area contributed by atoms with Crippen molar-refractivity contribution in [2.45, 2.75) is 5.66 Å². The summed E-state index contributed by atoms with van der Waals surface area (Å²) in [6, 6.07) is 10.4. The van der Waals surface area contributed by atoms with Crippen LogP contribution < -0.4 is 57.1 Å². The van der Waals surface area contributed by atoms with E-state index in [0.29, 0.717) is 5.66 Å². The van der Waals surface area contributed by atoms with Gasteiger partial charge in [-0.25, -0.2) is 0 Å². The first-order valence-corrected chi connectivity index (χ1v) is 5.13. The molecule has 1 atom stereocenters. The average molecular weight is 205 g/mol. The van der Waals surface area contributed by atoms with Crippen LogP contribution in [0.1, 0.15) is 11.2 Å². The van der Waals surface area contributed by atoms with Crippen LogP contribution in [0.15, 0.2) is 30.3 Å². The Balaban J connectivity index is 0.00000121. The molecule has 12 heavy (non-hydrogen) atoms. The summed E-state index contributed by atoms with van der Waals surface area (Å²) in [4.78, 5) is 0. The predicted molar refractivity (Wildman–Crippen MR) is 51.1 cm³/mol. The summed E-state index contributed by atoms with van der Waals surface area (Å²) in [5.41, 5.74) is 7.47. The predicted octanol–water partition coefficient (Wildman–Crippen LogP) is -0.734. The molecule has 2 N–H and O–H groups in total. The molecule has 3 heteroatoms. The minimum Gasteiger partial charge on any atom is -0.534 e. The second kappa shape index (κ2) is 7.63. The van der Waals surface area contributed by atoms with Crippen molar-refractivity contribution in [3.63, 3.8) is 0 Å². The molecule has 1 nitrogen and oxygen atoms in total. The van der Waals surface area contributed by atoms with E-state index in [1.54, 1.807) is 0 Å². The molecule has 60 valence electrons. The Bertz CT molecular complexity index is 199. The summed E-state index contributed by atoms with van der Waals surface area (Å²) in [6.45, 7) is 2.88. The quantitative estimate of drug-likeness (QED) is 0.511. The van der Waals surface area contributed by atoms with Gasteiger partial charge in [0.1, 0.15) is 0 Å². The molecule has 0 aliphatic heterocycles. The molecule has 0 aliphatic rings. The van der Waals surface area contributed by atoms with Gasteiger partial charge in [-0.05, 0) is 6.54 Å². The zero-order valence-electron chi connectivity index (χ0n) is 7.70. The summed E-state index contributed by atoms with van der Waals surface area (Å²) < 4.78 is 0.